The van der Waals surface area contributed by atoms with Crippen LogP contribution in [0.1, 0.15) is 26.7 Å². The van der Waals surface area contributed by atoms with E-state index in [-0.39, 0.29) is 12.8 Å². The van der Waals surface area contributed by atoms with Gasteiger partial charge < -0.3 is 15.6 Å². The average molecular weight is 407 g/mol. The van der Waals surface area contributed by atoms with E-state index in [2.05, 4.69) is 30.2 Å². The van der Waals surface area contributed by atoms with Crippen molar-refractivity contribution in [1.82, 2.24) is 30.2 Å². The summed E-state index contributed by atoms with van der Waals surface area (Å²) < 4.78 is 37.5. The number of fused-ring (bicyclic) bond motifs is 1. The molecule has 0 aliphatic rings. The van der Waals surface area contributed by atoms with Gasteiger partial charge in [0.25, 0.3) is 0 Å². The van der Waals surface area contributed by atoms with Crippen LogP contribution in [0.5, 0.6) is 0 Å². The standard InChI is InChI=1S/C18H20F3N7O/c1-3-17(4-2,16(29)25-9-18(19,20)21)28-13-5-6-23-15(27-13)12-8-24-14-11(12)7-22-10-26-14/h5-8,10H,3-4,9H2,1-2H3,(H,25,29)(H,22,24,26)(H,23,27,28). The van der Waals surface area contributed by atoms with Gasteiger partial charge in [-0.2, -0.15) is 13.2 Å². The van der Waals surface area contributed by atoms with Crippen LogP contribution in [0.2, 0.25) is 0 Å². The lowest BCUT2D eigenvalue weighted by molar-refractivity contribution is -0.141. The van der Waals surface area contributed by atoms with Gasteiger partial charge in [0.15, 0.2) is 5.82 Å². The highest BCUT2D eigenvalue weighted by atomic mass is 19.4. The predicted octanol–water partition coefficient (Wildman–Crippen LogP) is 3.06. The lowest BCUT2D eigenvalue weighted by Crippen LogP contribution is -2.53. The Balaban J connectivity index is 1.88. The summed E-state index contributed by atoms with van der Waals surface area (Å²) in [6, 6.07) is 1.56. The Kier molecular flexibility index (Phi) is 5.66. The number of halogens is 3. The molecule has 0 unspecified atom stereocenters. The molecule has 3 N–H and O–H groups in total. The minimum atomic E-state index is -4.48. The van der Waals surface area contributed by atoms with Crippen molar-refractivity contribution < 1.29 is 18.0 Å². The SMILES string of the molecule is CCC(CC)(Nc1ccnc(-c2c[nH]c3ncncc23)n1)C(=O)NCC(F)(F)F. The molecular formula is C18H20F3N7O. The van der Waals surface area contributed by atoms with Crippen molar-refractivity contribution >= 4 is 22.8 Å². The van der Waals surface area contributed by atoms with Gasteiger partial charge in [-0.3, -0.25) is 4.79 Å². The highest BCUT2D eigenvalue weighted by molar-refractivity contribution is 5.91. The minimum absolute atomic E-state index is 0.271. The van der Waals surface area contributed by atoms with Crippen LogP contribution in [-0.4, -0.2) is 49.1 Å². The normalized spacial score (nSPS) is 12.2. The van der Waals surface area contributed by atoms with Crippen LogP contribution >= 0.6 is 0 Å². The van der Waals surface area contributed by atoms with Gasteiger partial charge in [-0.1, -0.05) is 13.8 Å². The van der Waals surface area contributed by atoms with E-state index in [9.17, 15) is 18.0 Å². The van der Waals surface area contributed by atoms with Gasteiger partial charge in [0, 0.05) is 29.5 Å². The molecule has 0 saturated heterocycles. The Morgan fingerprint density at radius 2 is 1.97 bits per heavy atom. The number of alkyl halides is 3. The third kappa shape index (κ3) is 4.44. The van der Waals surface area contributed by atoms with Crippen LogP contribution in [-0.2, 0) is 4.79 Å². The van der Waals surface area contributed by atoms with Crippen LogP contribution in [0, 0.1) is 0 Å². The molecule has 3 heterocycles. The number of carbonyl (C=O) groups is 1. The first-order chi connectivity index (χ1) is 13.8. The molecule has 3 aromatic heterocycles. The lowest BCUT2D eigenvalue weighted by Gasteiger charge is -2.32. The van der Waals surface area contributed by atoms with Crippen LogP contribution in [0.4, 0.5) is 19.0 Å². The number of amides is 1. The fraction of sp³-hybridized carbons (Fsp3) is 0.389. The second kappa shape index (κ2) is 8.02. The quantitative estimate of drug-likeness (QED) is 0.556. The van der Waals surface area contributed by atoms with E-state index < -0.39 is 24.2 Å². The van der Waals surface area contributed by atoms with Crippen molar-refractivity contribution in [3.05, 3.63) is 31.0 Å². The Hall–Kier alpha value is -3.24. The van der Waals surface area contributed by atoms with Gasteiger partial charge in [-0.15, -0.1) is 0 Å². The highest BCUT2D eigenvalue weighted by Crippen LogP contribution is 2.27. The molecule has 0 radical (unpaired) electrons. The first-order valence-electron chi connectivity index (χ1n) is 9.01. The fourth-order valence-corrected chi connectivity index (χ4v) is 3.00. The van der Waals surface area contributed by atoms with Crippen molar-refractivity contribution in [2.75, 3.05) is 11.9 Å². The van der Waals surface area contributed by atoms with Crippen LogP contribution in [0.3, 0.4) is 0 Å². The molecule has 0 aromatic carbocycles. The lowest BCUT2D eigenvalue weighted by atomic mass is 9.91. The smallest absolute Gasteiger partial charge is 0.356 e. The van der Waals surface area contributed by atoms with Crippen molar-refractivity contribution in [1.29, 1.82) is 0 Å². The summed E-state index contributed by atoms with van der Waals surface area (Å²) in [5.74, 6) is -0.0413. The molecule has 0 bridgehead atoms. The molecule has 0 saturated carbocycles. The van der Waals surface area contributed by atoms with E-state index in [4.69, 9.17) is 0 Å². The molecule has 1 amide bonds. The Morgan fingerprint density at radius 3 is 2.66 bits per heavy atom. The second-order valence-electron chi connectivity index (χ2n) is 6.46. The molecule has 0 aliphatic carbocycles. The number of rotatable bonds is 7. The zero-order chi connectivity index (χ0) is 21.1. The Bertz CT molecular complexity index is 998. The molecule has 29 heavy (non-hydrogen) atoms. The molecule has 0 fully saturated rings. The van der Waals surface area contributed by atoms with Crippen molar-refractivity contribution in [3.8, 4) is 11.4 Å². The summed E-state index contributed by atoms with van der Waals surface area (Å²) in [5.41, 5.74) is 0.0598. The summed E-state index contributed by atoms with van der Waals surface area (Å²) in [7, 11) is 0. The number of nitrogens with zero attached hydrogens (tertiary/aromatic N) is 4. The number of aromatic amines is 1. The molecular weight excluding hydrogens is 387 g/mol. The average Bonchev–Trinajstić information content (AvgIpc) is 3.14. The minimum Gasteiger partial charge on any atom is -0.356 e. The number of carbonyl (C=O) groups excluding carboxylic acids is 1. The number of H-pyrrole nitrogens is 1. The first kappa shape index (κ1) is 20.5. The highest BCUT2D eigenvalue weighted by Gasteiger charge is 2.38. The van der Waals surface area contributed by atoms with Gasteiger partial charge >= 0.3 is 6.18 Å². The summed E-state index contributed by atoms with van der Waals surface area (Å²) in [4.78, 5) is 32.3. The van der Waals surface area contributed by atoms with Crippen LogP contribution < -0.4 is 10.6 Å². The van der Waals surface area contributed by atoms with Gasteiger partial charge in [-0.05, 0) is 18.9 Å². The second-order valence-corrected chi connectivity index (χ2v) is 6.46. The molecule has 3 aromatic rings. The number of aromatic nitrogens is 5. The van der Waals surface area contributed by atoms with Crippen molar-refractivity contribution in [3.63, 3.8) is 0 Å². The van der Waals surface area contributed by atoms with Crippen LogP contribution in [0.25, 0.3) is 22.4 Å². The maximum absolute atomic E-state index is 12.5. The third-order valence-corrected chi connectivity index (χ3v) is 4.71. The van der Waals surface area contributed by atoms with E-state index in [1.165, 1.54) is 12.5 Å². The number of hydrogen-bond acceptors (Lipinski definition) is 6. The monoisotopic (exact) mass is 407 g/mol. The molecule has 154 valence electrons. The van der Waals surface area contributed by atoms with Crippen molar-refractivity contribution in [2.45, 2.75) is 38.4 Å². The largest absolute Gasteiger partial charge is 0.405 e. The van der Waals surface area contributed by atoms with Crippen molar-refractivity contribution in [2.24, 2.45) is 0 Å². The topological polar surface area (TPSA) is 108 Å². The first-order valence-corrected chi connectivity index (χ1v) is 9.01. The number of nitrogens with one attached hydrogen (secondary N) is 3. The number of hydrogen-bond donors (Lipinski definition) is 3. The van der Waals surface area contributed by atoms with E-state index >= 15 is 0 Å². The van der Waals surface area contributed by atoms with Gasteiger partial charge in [0.1, 0.15) is 29.9 Å². The number of anilines is 1. The molecule has 0 atom stereocenters. The summed E-state index contributed by atoms with van der Waals surface area (Å²) in [6.07, 6.45) is 2.31. The molecule has 11 heteroatoms. The summed E-state index contributed by atoms with van der Waals surface area (Å²) in [5, 5.41) is 5.69. The van der Waals surface area contributed by atoms with E-state index in [1.54, 1.807) is 32.3 Å². The van der Waals surface area contributed by atoms with E-state index in [1.807, 2.05) is 5.32 Å². The fourth-order valence-electron chi connectivity index (χ4n) is 3.00. The van der Waals surface area contributed by atoms with Gasteiger partial charge in [-0.25, -0.2) is 19.9 Å². The predicted molar refractivity (Wildman–Crippen MR) is 101 cm³/mol. The third-order valence-electron chi connectivity index (χ3n) is 4.71. The zero-order valence-electron chi connectivity index (χ0n) is 15.8. The summed E-state index contributed by atoms with van der Waals surface area (Å²) in [6.45, 7) is 2.06. The molecule has 0 aliphatic heterocycles. The zero-order valence-corrected chi connectivity index (χ0v) is 15.8. The van der Waals surface area contributed by atoms with Crippen LogP contribution in [0.15, 0.2) is 31.0 Å². The summed E-state index contributed by atoms with van der Waals surface area (Å²) >= 11 is 0. The Morgan fingerprint density at radius 1 is 1.21 bits per heavy atom. The Labute approximate surface area is 164 Å². The van der Waals surface area contributed by atoms with Gasteiger partial charge in [0.05, 0.1) is 0 Å². The van der Waals surface area contributed by atoms with E-state index in [0.717, 1.165) is 5.39 Å². The maximum Gasteiger partial charge on any atom is 0.405 e. The maximum atomic E-state index is 12.5. The molecule has 0 spiro atoms. The van der Waals surface area contributed by atoms with Gasteiger partial charge in [0.2, 0.25) is 5.91 Å². The molecule has 8 nitrogen and oxygen atoms in total. The molecule has 3 rings (SSSR count). The van der Waals surface area contributed by atoms with E-state index in [0.29, 0.717) is 22.9 Å².